The lowest BCUT2D eigenvalue weighted by Gasteiger charge is -2.10. The summed E-state index contributed by atoms with van der Waals surface area (Å²) in [6.07, 6.45) is 2.00. The van der Waals surface area contributed by atoms with Gasteiger partial charge in [-0.2, -0.15) is 0 Å². The summed E-state index contributed by atoms with van der Waals surface area (Å²) < 4.78 is 4.79. The number of nitrogens with zero attached hydrogens (tertiary/aromatic N) is 1. The van der Waals surface area contributed by atoms with E-state index >= 15 is 0 Å². The number of methoxy groups -OCH3 is 1. The molecule has 0 aliphatic carbocycles. The van der Waals surface area contributed by atoms with Crippen molar-refractivity contribution < 1.29 is 14.6 Å². The van der Waals surface area contributed by atoms with Gasteiger partial charge in [0.25, 0.3) is 0 Å². The minimum Gasteiger partial charge on any atom is -0.508 e. The number of esters is 1. The zero-order valence-corrected chi connectivity index (χ0v) is 12.8. The minimum atomic E-state index is -0.645. The molecule has 0 heterocycles. The number of phenols is 1. The van der Waals surface area contributed by atoms with Crippen LogP contribution in [0.15, 0.2) is 53.5 Å². The summed E-state index contributed by atoms with van der Waals surface area (Å²) in [5, 5.41) is 9.90. The van der Waals surface area contributed by atoms with E-state index in [1.54, 1.807) is 42.6 Å². The number of ether oxygens (including phenoxy) is 1. The highest BCUT2D eigenvalue weighted by molar-refractivity contribution is 6.30. The first kappa shape index (κ1) is 16.0. The standard InChI is InChI=1S/C17H16ClNO3/c1-22-17(21)16(10-12-5-7-15(20)8-6-12)19-11-13-3-2-4-14(18)9-13/h2-9,11,16,20H,10H2,1H3. The quantitative estimate of drug-likeness (QED) is 0.680. The number of rotatable bonds is 5. The molecule has 5 heteroatoms. The maximum absolute atomic E-state index is 11.9. The van der Waals surface area contributed by atoms with Crippen LogP contribution in [0.4, 0.5) is 0 Å². The van der Waals surface area contributed by atoms with Crippen molar-refractivity contribution in [2.75, 3.05) is 7.11 Å². The van der Waals surface area contributed by atoms with E-state index in [1.165, 1.54) is 7.11 Å². The number of phenolic OH excluding ortho intramolecular Hbond substituents is 1. The summed E-state index contributed by atoms with van der Waals surface area (Å²) in [4.78, 5) is 16.2. The number of benzene rings is 2. The normalized spacial score (nSPS) is 12.3. The van der Waals surface area contributed by atoms with E-state index in [0.29, 0.717) is 11.4 Å². The van der Waals surface area contributed by atoms with Crippen molar-refractivity contribution in [1.29, 1.82) is 0 Å². The fourth-order valence-electron chi connectivity index (χ4n) is 1.95. The zero-order valence-electron chi connectivity index (χ0n) is 12.1. The van der Waals surface area contributed by atoms with Crippen LogP contribution in [-0.2, 0) is 16.0 Å². The third kappa shape index (κ3) is 4.60. The van der Waals surface area contributed by atoms with E-state index in [4.69, 9.17) is 16.3 Å². The third-order valence-corrected chi connectivity index (χ3v) is 3.33. The smallest absolute Gasteiger partial charge is 0.330 e. The van der Waals surface area contributed by atoms with Gasteiger partial charge in [0, 0.05) is 17.7 Å². The fourth-order valence-corrected chi connectivity index (χ4v) is 2.15. The predicted octanol–water partition coefficient (Wildman–Crippen LogP) is 3.25. The zero-order chi connectivity index (χ0) is 15.9. The second-order valence-electron chi connectivity index (χ2n) is 4.74. The van der Waals surface area contributed by atoms with Gasteiger partial charge >= 0.3 is 5.97 Å². The molecule has 0 spiro atoms. The van der Waals surface area contributed by atoms with Crippen LogP contribution in [0.5, 0.6) is 5.75 Å². The Labute approximate surface area is 134 Å². The van der Waals surface area contributed by atoms with E-state index in [2.05, 4.69) is 4.99 Å². The topological polar surface area (TPSA) is 58.9 Å². The Balaban J connectivity index is 2.15. The second kappa shape index (κ2) is 7.61. The van der Waals surface area contributed by atoms with Gasteiger partial charge in [0.05, 0.1) is 7.11 Å². The number of carbonyl (C=O) groups excluding carboxylic acids is 1. The lowest BCUT2D eigenvalue weighted by atomic mass is 10.1. The summed E-state index contributed by atoms with van der Waals surface area (Å²) >= 11 is 5.92. The van der Waals surface area contributed by atoms with Gasteiger partial charge in [-0.05, 0) is 35.4 Å². The highest BCUT2D eigenvalue weighted by Gasteiger charge is 2.18. The molecule has 0 aliphatic rings. The molecule has 1 N–H and O–H groups in total. The molecule has 0 saturated heterocycles. The summed E-state index contributed by atoms with van der Waals surface area (Å²) in [5.41, 5.74) is 1.70. The van der Waals surface area contributed by atoms with Gasteiger partial charge < -0.3 is 9.84 Å². The van der Waals surface area contributed by atoms with Crippen LogP contribution in [0.25, 0.3) is 0 Å². The molecule has 22 heavy (non-hydrogen) atoms. The maximum Gasteiger partial charge on any atom is 0.330 e. The van der Waals surface area contributed by atoms with E-state index in [1.807, 2.05) is 12.1 Å². The molecule has 0 radical (unpaired) electrons. The van der Waals surface area contributed by atoms with Gasteiger partial charge in [-0.3, -0.25) is 4.99 Å². The van der Waals surface area contributed by atoms with Crippen LogP contribution in [0.3, 0.4) is 0 Å². The van der Waals surface area contributed by atoms with Gasteiger partial charge in [-0.1, -0.05) is 35.9 Å². The summed E-state index contributed by atoms with van der Waals surface area (Å²) in [6.45, 7) is 0. The van der Waals surface area contributed by atoms with Crippen molar-refractivity contribution in [1.82, 2.24) is 0 Å². The number of carbonyl (C=O) groups is 1. The molecule has 114 valence electrons. The first-order valence-corrected chi connectivity index (χ1v) is 7.11. The molecule has 4 nitrogen and oxygen atoms in total. The average molecular weight is 318 g/mol. The molecule has 0 amide bonds. The first-order chi connectivity index (χ1) is 10.6. The second-order valence-corrected chi connectivity index (χ2v) is 5.18. The molecule has 0 bridgehead atoms. The number of hydrogen-bond acceptors (Lipinski definition) is 4. The Hall–Kier alpha value is -2.33. The van der Waals surface area contributed by atoms with Crippen molar-refractivity contribution in [3.8, 4) is 5.75 Å². The first-order valence-electron chi connectivity index (χ1n) is 6.73. The van der Waals surface area contributed by atoms with E-state index < -0.39 is 12.0 Å². The SMILES string of the molecule is COC(=O)C(Cc1ccc(O)cc1)N=Cc1cccc(Cl)c1. The summed E-state index contributed by atoms with van der Waals surface area (Å²) in [6, 6.07) is 13.2. The number of aliphatic imine (C=N–C) groups is 1. The Morgan fingerprint density at radius 3 is 2.68 bits per heavy atom. The van der Waals surface area contributed by atoms with Crippen LogP contribution in [0.1, 0.15) is 11.1 Å². The average Bonchev–Trinajstić information content (AvgIpc) is 2.52. The molecule has 2 aromatic carbocycles. The van der Waals surface area contributed by atoms with Crippen LogP contribution < -0.4 is 0 Å². The lowest BCUT2D eigenvalue weighted by Crippen LogP contribution is -2.23. The van der Waals surface area contributed by atoms with Crippen LogP contribution in [0, 0.1) is 0 Å². The summed E-state index contributed by atoms with van der Waals surface area (Å²) in [5.74, 6) is -0.229. The number of halogens is 1. The van der Waals surface area contributed by atoms with Gasteiger partial charge in [-0.25, -0.2) is 4.79 Å². The van der Waals surface area contributed by atoms with Gasteiger partial charge in [0.15, 0.2) is 6.04 Å². The Morgan fingerprint density at radius 1 is 1.32 bits per heavy atom. The maximum atomic E-state index is 11.9. The molecule has 0 saturated carbocycles. The Morgan fingerprint density at radius 2 is 2.05 bits per heavy atom. The molecule has 2 aromatic rings. The molecule has 0 aromatic heterocycles. The van der Waals surface area contributed by atoms with Crippen LogP contribution in [0.2, 0.25) is 5.02 Å². The van der Waals surface area contributed by atoms with Crippen molar-refractivity contribution in [3.05, 3.63) is 64.7 Å². The molecule has 0 aliphatic heterocycles. The van der Waals surface area contributed by atoms with Crippen molar-refractivity contribution in [2.24, 2.45) is 4.99 Å². The van der Waals surface area contributed by atoms with Gasteiger partial charge in [0.1, 0.15) is 5.75 Å². The van der Waals surface area contributed by atoms with E-state index in [9.17, 15) is 9.90 Å². The highest BCUT2D eigenvalue weighted by atomic mass is 35.5. The van der Waals surface area contributed by atoms with Crippen LogP contribution >= 0.6 is 11.6 Å². The number of hydrogen-bond donors (Lipinski definition) is 1. The minimum absolute atomic E-state index is 0.181. The number of aromatic hydroxyl groups is 1. The Bertz CT molecular complexity index is 668. The fraction of sp³-hybridized carbons (Fsp3) is 0.176. The third-order valence-electron chi connectivity index (χ3n) is 3.09. The molecule has 2 rings (SSSR count). The van der Waals surface area contributed by atoms with Crippen molar-refractivity contribution in [3.63, 3.8) is 0 Å². The summed E-state index contributed by atoms with van der Waals surface area (Å²) in [7, 11) is 1.33. The van der Waals surface area contributed by atoms with E-state index in [0.717, 1.165) is 11.1 Å². The monoisotopic (exact) mass is 317 g/mol. The van der Waals surface area contributed by atoms with Gasteiger partial charge in [0.2, 0.25) is 0 Å². The molecule has 1 atom stereocenters. The predicted molar refractivity (Wildman–Crippen MR) is 86.7 cm³/mol. The molecular weight excluding hydrogens is 302 g/mol. The Kier molecular flexibility index (Phi) is 5.55. The van der Waals surface area contributed by atoms with Crippen LogP contribution in [-0.4, -0.2) is 30.4 Å². The highest BCUT2D eigenvalue weighted by Crippen LogP contribution is 2.14. The largest absolute Gasteiger partial charge is 0.508 e. The molecular formula is C17H16ClNO3. The van der Waals surface area contributed by atoms with Gasteiger partial charge in [-0.15, -0.1) is 0 Å². The van der Waals surface area contributed by atoms with Crippen molar-refractivity contribution in [2.45, 2.75) is 12.5 Å². The lowest BCUT2D eigenvalue weighted by molar-refractivity contribution is -0.142. The molecule has 0 fully saturated rings. The van der Waals surface area contributed by atoms with Crippen molar-refractivity contribution >= 4 is 23.8 Å². The molecule has 1 unspecified atom stereocenters. The van der Waals surface area contributed by atoms with E-state index in [-0.39, 0.29) is 5.75 Å².